The molecule has 1 aromatic carbocycles. The lowest BCUT2D eigenvalue weighted by Crippen LogP contribution is -2.22. The van der Waals surface area contributed by atoms with E-state index in [2.05, 4.69) is 21.2 Å². The topological polar surface area (TPSA) is 55.1 Å². The average molecular weight is 329 g/mol. The molecule has 0 bridgehead atoms. The van der Waals surface area contributed by atoms with E-state index in [-0.39, 0.29) is 17.2 Å². The lowest BCUT2D eigenvalue weighted by molar-refractivity contribution is 0.0951. The molecule has 0 aliphatic heterocycles. The van der Waals surface area contributed by atoms with Gasteiger partial charge in [-0.1, -0.05) is 0 Å². The van der Waals surface area contributed by atoms with Crippen LogP contribution in [0.4, 0.5) is 10.1 Å². The number of benzene rings is 1. The fourth-order valence-electron chi connectivity index (χ4n) is 1.46. The first kappa shape index (κ1) is 13.0. The molecule has 1 heterocycles. The summed E-state index contributed by atoms with van der Waals surface area (Å²) in [6.45, 7) is 0.408. The number of hydrogen-bond acceptors (Lipinski definition) is 3. The van der Waals surface area contributed by atoms with Crippen LogP contribution in [0.2, 0.25) is 0 Å². The van der Waals surface area contributed by atoms with E-state index in [1.807, 2.05) is 12.1 Å². The van der Waals surface area contributed by atoms with Gasteiger partial charge in [-0.2, -0.15) is 0 Å². The second kappa shape index (κ2) is 5.49. The molecule has 0 spiro atoms. The number of rotatable bonds is 3. The van der Waals surface area contributed by atoms with E-state index < -0.39 is 5.82 Å². The third-order valence-corrected chi connectivity index (χ3v) is 3.86. The Morgan fingerprint density at radius 1 is 1.39 bits per heavy atom. The SMILES string of the molecule is Nc1cc(F)cc(C(=O)NCc2ccc(Br)s2)c1. The van der Waals surface area contributed by atoms with Gasteiger partial charge in [0.25, 0.3) is 5.91 Å². The fraction of sp³-hybridized carbons (Fsp3) is 0.0833. The van der Waals surface area contributed by atoms with Crippen molar-refractivity contribution in [2.24, 2.45) is 0 Å². The van der Waals surface area contributed by atoms with E-state index in [1.165, 1.54) is 23.5 Å². The Morgan fingerprint density at radius 3 is 2.78 bits per heavy atom. The first-order valence-corrected chi connectivity index (χ1v) is 6.74. The van der Waals surface area contributed by atoms with Crippen LogP contribution >= 0.6 is 27.3 Å². The van der Waals surface area contributed by atoms with Crippen LogP contribution in [0.1, 0.15) is 15.2 Å². The number of nitrogen functional groups attached to an aromatic ring is 1. The van der Waals surface area contributed by atoms with Crippen molar-refractivity contribution in [3.05, 3.63) is 50.4 Å². The van der Waals surface area contributed by atoms with Gasteiger partial charge < -0.3 is 11.1 Å². The number of halogens is 2. The van der Waals surface area contributed by atoms with E-state index >= 15 is 0 Å². The van der Waals surface area contributed by atoms with E-state index in [9.17, 15) is 9.18 Å². The zero-order chi connectivity index (χ0) is 13.1. The van der Waals surface area contributed by atoms with Crippen LogP contribution in [0, 0.1) is 5.82 Å². The summed E-state index contributed by atoms with van der Waals surface area (Å²) in [4.78, 5) is 12.8. The molecule has 0 aliphatic carbocycles. The zero-order valence-electron chi connectivity index (χ0n) is 9.24. The maximum Gasteiger partial charge on any atom is 0.251 e. The average Bonchev–Trinajstić information content (AvgIpc) is 2.70. The maximum absolute atomic E-state index is 13.1. The zero-order valence-corrected chi connectivity index (χ0v) is 11.6. The van der Waals surface area contributed by atoms with Crippen LogP contribution in [0.3, 0.4) is 0 Å². The van der Waals surface area contributed by atoms with Crippen LogP contribution in [0.5, 0.6) is 0 Å². The summed E-state index contributed by atoms with van der Waals surface area (Å²) in [5.74, 6) is -0.857. The maximum atomic E-state index is 13.1. The summed E-state index contributed by atoms with van der Waals surface area (Å²) in [6, 6.07) is 7.60. The number of hydrogen-bond donors (Lipinski definition) is 2. The van der Waals surface area contributed by atoms with Crippen LogP contribution in [0.25, 0.3) is 0 Å². The van der Waals surface area contributed by atoms with Gasteiger partial charge in [-0.15, -0.1) is 11.3 Å². The molecule has 0 unspecified atom stereocenters. The summed E-state index contributed by atoms with van der Waals surface area (Å²) in [7, 11) is 0. The van der Waals surface area contributed by atoms with E-state index in [0.29, 0.717) is 6.54 Å². The monoisotopic (exact) mass is 328 g/mol. The summed E-state index contributed by atoms with van der Waals surface area (Å²) in [6.07, 6.45) is 0. The standard InChI is InChI=1S/C12H10BrFN2OS/c13-11-2-1-10(18-11)6-16-12(17)7-3-8(14)5-9(15)4-7/h1-5H,6,15H2,(H,16,17). The third kappa shape index (κ3) is 3.30. The molecule has 0 radical (unpaired) electrons. The van der Waals surface area contributed by atoms with Gasteiger partial charge >= 0.3 is 0 Å². The number of thiophene rings is 1. The number of amides is 1. The van der Waals surface area contributed by atoms with Crippen LogP contribution in [0.15, 0.2) is 34.1 Å². The largest absolute Gasteiger partial charge is 0.399 e. The van der Waals surface area contributed by atoms with Gasteiger partial charge in [-0.25, -0.2) is 4.39 Å². The first-order valence-electron chi connectivity index (χ1n) is 5.13. The molecule has 0 fully saturated rings. The Hall–Kier alpha value is -1.40. The highest BCUT2D eigenvalue weighted by atomic mass is 79.9. The number of nitrogens with one attached hydrogen (secondary N) is 1. The Balaban J connectivity index is 2.03. The highest BCUT2D eigenvalue weighted by Crippen LogP contribution is 2.21. The third-order valence-electron chi connectivity index (χ3n) is 2.23. The highest BCUT2D eigenvalue weighted by Gasteiger charge is 2.08. The van der Waals surface area contributed by atoms with Crippen LogP contribution < -0.4 is 11.1 Å². The number of anilines is 1. The molecule has 18 heavy (non-hydrogen) atoms. The summed E-state index contributed by atoms with van der Waals surface area (Å²) in [5, 5.41) is 2.71. The van der Waals surface area contributed by atoms with E-state index in [0.717, 1.165) is 14.7 Å². The summed E-state index contributed by atoms with van der Waals surface area (Å²) < 4.78 is 14.1. The molecular weight excluding hydrogens is 319 g/mol. The second-order valence-corrected chi connectivity index (χ2v) is 6.21. The molecule has 2 aromatic rings. The highest BCUT2D eigenvalue weighted by molar-refractivity contribution is 9.11. The van der Waals surface area contributed by atoms with Crippen LogP contribution in [-0.4, -0.2) is 5.91 Å². The second-order valence-electron chi connectivity index (χ2n) is 3.66. The minimum absolute atomic E-state index is 0.225. The Morgan fingerprint density at radius 2 is 2.17 bits per heavy atom. The molecule has 1 aromatic heterocycles. The Labute approximate surface area is 116 Å². The minimum Gasteiger partial charge on any atom is -0.399 e. The fourth-order valence-corrected chi connectivity index (χ4v) is 2.88. The number of nitrogens with two attached hydrogens (primary N) is 1. The summed E-state index contributed by atoms with van der Waals surface area (Å²) >= 11 is 4.88. The van der Waals surface area contributed by atoms with Gasteiger partial charge in [0.2, 0.25) is 0 Å². The predicted molar refractivity (Wildman–Crippen MR) is 74.0 cm³/mol. The predicted octanol–water partition coefficient (Wildman–Crippen LogP) is 3.16. The molecule has 3 nitrogen and oxygen atoms in total. The van der Waals surface area contributed by atoms with Crippen LogP contribution in [-0.2, 0) is 6.54 Å². The van der Waals surface area contributed by atoms with Gasteiger partial charge in [-0.05, 0) is 46.3 Å². The van der Waals surface area contributed by atoms with Crippen molar-refractivity contribution in [1.29, 1.82) is 0 Å². The molecule has 0 atom stereocenters. The van der Waals surface area contributed by atoms with Crippen molar-refractivity contribution in [3.63, 3.8) is 0 Å². The van der Waals surface area contributed by atoms with Crippen molar-refractivity contribution in [2.75, 3.05) is 5.73 Å². The molecule has 3 N–H and O–H groups in total. The Kier molecular flexibility index (Phi) is 3.98. The van der Waals surface area contributed by atoms with E-state index in [4.69, 9.17) is 5.73 Å². The normalized spacial score (nSPS) is 10.3. The van der Waals surface area contributed by atoms with Crippen molar-refractivity contribution in [2.45, 2.75) is 6.54 Å². The smallest absolute Gasteiger partial charge is 0.251 e. The molecule has 6 heteroatoms. The van der Waals surface area contributed by atoms with Crippen molar-refractivity contribution in [1.82, 2.24) is 5.32 Å². The van der Waals surface area contributed by atoms with Gasteiger partial charge in [0.1, 0.15) is 5.82 Å². The van der Waals surface area contributed by atoms with Gasteiger partial charge in [0, 0.05) is 16.1 Å². The molecule has 1 amide bonds. The lowest BCUT2D eigenvalue weighted by Gasteiger charge is -2.04. The van der Waals surface area contributed by atoms with Crippen molar-refractivity contribution >= 4 is 38.9 Å². The Bertz CT molecular complexity index is 565. The van der Waals surface area contributed by atoms with Crippen molar-refractivity contribution < 1.29 is 9.18 Å². The molecule has 0 aliphatic rings. The molecule has 2 rings (SSSR count). The van der Waals surface area contributed by atoms with Gasteiger partial charge in [0.05, 0.1) is 10.3 Å². The van der Waals surface area contributed by atoms with Gasteiger partial charge in [0.15, 0.2) is 0 Å². The molecule has 94 valence electrons. The minimum atomic E-state index is -0.515. The lowest BCUT2D eigenvalue weighted by atomic mass is 10.2. The number of carbonyl (C=O) groups excluding carboxylic acids is 1. The van der Waals surface area contributed by atoms with E-state index in [1.54, 1.807) is 0 Å². The molecule has 0 saturated heterocycles. The number of carbonyl (C=O) groups is 1. The molecule has 0 saturated carbocycles. The molecular formula is C12H10BrFN2OS. The van der Waals surface area contributed by atoms with Gasteiger partial charge in [-0.3, -0.25) is 4.79 Å². The summed E-state index contributed by atoms with van der Waals surface area (Å²) in [5.41, 5.74) is 5.94. The first-order chi connectivity index (χ1) is 8.54. The van der Waals surface area contributed by atoms with Crippen molar-refractivity contribution in [3.8, 4) is 0 Å². The quantitative estimate of drug-likeness (QED) is 0.850.